The first-order valence-electron chi connectivity index (χ1n) is 6.98. The fourth-order valence-electron chi connectivity index (χ4n) is 2.29. The van der Waals surface area contributed by atoms with Crippen molar-refractivity contribution in [3.8, 4) is 5.75 Å². The maximum absolute atomic E-state index is 14.3. The minimum absolute atomic E-state index is 0.0441. The molecule has 0 aliphatic heterocycles. The summed E-state index contributed by atoms with van der Waals surface area (Å²) in [5, 5.41) is 3.45. The second-order valence-corrected chi connectivity index (χ2v) is 6.29. The van der Waals surface area contributed by atoms with Gasteiger partial charge < -0.3 is 10.1 Å². The minimum Gasteiger partial charge on any atom is -0.497 e. The predicted molar refractivity (Wildman–Crippen MR) is 84.2 cm³/mol. The number of ether oxygens (including phenoxy) is 1. The Hall–Kier alpha value is -1.46. The average molecular weight is 308 g/mol. The van der Waals surface area contributed by atoms with E-state index in [1.807, 2.05) is 12.4 Å². The fourth-order valence-corrected chi connectivity index (χ4v) is 3.02. The number of benzene rings is 1. The summed E-state index contributed by atoms with van der Waals surface area (Å²) in [5.74, 6) is 0.583. The maximum Gasteiger partial charge on any atom is 0.131 e. The van der Waals surface area contributed by atoms with Crippen LogP contribution in [-0.4, -0.2) is 12.1 Å². The summed E-state index contributed by atoms with van der Waals surface area (Å²) in [6.07, 6.45) is 0. The van der Waals surface area contributed by atoms with Gasteiger partial charge in [0.15, 0.2) is 0 Å². The molecule has 1 atom stereocenters. The van der Waals surface area contributed by atoms with Crippen LogP contribution in [0.3, 0.4) is 0 Å². The van der Waals surface area contributed by atoms with E-state index in [1.54, 1.807) is 30.6 Å². The Morgan fingerprint density at radius 1 is 1.38 bits per heavy atom. The number of methoxy groups -OCH3 is 1. The van der Waals surface area contributed by atoms with E-state index in [0.717, 1.165) is 5.69 Å². The summed E-state index contributed by atoms with van der Waals surface area (Å²) in [5.41, 5.74) is 3.54. The zero-order valence-corrected chi connectivity index (χ0v) is 13.6. The first kappa shape index (κ1) is 15.9. The third-order valence-electron chi connectivity index (χ3n) is 3.54. The molecule has 0 bridgehead atoms. The van der Waals surface area contributed by atoms with Crippen LogP contribution in [0.1, 0.15) is 36.0 Å². The number of nitrogens with zero attached hydrogens (tertiary/aromatic N) is 1. The SMILES string of the molecule is COc1ccc(C(NCc2scnc2C)C(C)C)c(F)c1. The van der Waals surface area contributed by atoms with E-state index in [-0.39, 0.29) is 17.8 Å². The molecule has 0 aliphatic carbocycles. The third-order valence-corrected chi connectivity index (χ3v) is 4.47. The van der Waals surface area contributed by atoms with Crippen LogP contribution in [0.15, 0.2) is 23.7 Å². The lowest BCUT2D eigenvalue weighted by Crippen LogP contribution is -2.26. The van der Waals surface area contributed by atoms with Crippen molar-refractivity contribution >= 4 is 11.3 Å². The van der Waals surface area contributed by atoms with Gasteiger partial charge in [0.25, 0.3) is 0 Å². The second kappa shape index (κ2) is 7.00. The predicted octanol–water partition coefficient (Wildman–Crippen LogP) is 4.09. The molecule has 0 radical (unpaired) electrons. The molecule has 2 aromatic rings. The maximum atomic E-state index is 14.3. The van der Waals surface area contributed by atoms with Gasteiger partial charge in [-0.05, 0) is 18.9 Å². The molecule has 0 amide bonds. The lowest BCUT2D eigenvalue weighted by atomic mass is 9.95. The average Bonchev–Trinajstić information content (AvgIpc) is 2.85. The van der Waals surface area contributed by atoms with Crippen molar-refractivity contribution in [1.29, 1.82) is 0 Å². The Morgan fingerprint density at radius 2 is 2.14 bits per heavy atom. The summed E-state index contributed by atoms with van der Waals surface area (Å²) in [7, 11) is 1.54. The molecule has 1 aromatic heterocycles. The van der Waals surface area contributed by atoms with Gasteiger partial charge in [0, 0.05) is 29.1 Å². The van der Waals surface area contributed by atoms with Crippen LogP contribution in [-0.2, 0) is 6.54 Å². The van der Waals surface area contributed by atoms with Gasteiger partial charge in [0.05, 0.1) is 18.3 Å². The number of nitrogens with one attached hydrogen (secondary N) is 1. The summed E-state index contributed by atoms with van der Waals surface area (Å²) in [4.78, 5) is 5.43. The molecule has 0 saturated carbocycles. The molecule has 1 aromatic carbocycles. The fraction of sp³-hybridized carbons (Fsp3) is 0.438. The zero-order valence-electron chi connectivity index (χ0n) is 12.8. The van der Waals surface area contributed by atoms with Crippen LogP contribution in [0.25, 0.3) is 0 Å². The van der Waals surface area contributed by atoms with Gasteiger partial charge in [-0.3, -0.25) is 0 Å². The highest BCUT2D eigenvalue weighted by molar-refractivity contribution is 7.09. The first-order valence-corrected chi connectivity index (χ1v) is 7.86. The Labute approximate surface area is 129 Å². The largest absolute Gasteiger partial charge is 0.497 e. The van der Waals surface area contributed by atoms with Gasteiger partial charge in [0.1, 0.15) is 11.6 Å². The quantitative estimate of drug-likeness (QED) is 0.873. The smallest absolute Gasteiger partial charge is 0.131 e. The van der Waals surface area contributed by atoms with Gasteiger partial charge >= 0.3 is 0 Å². The van der Waals surface area contributed by atoms with Crippen LogP contribution < -0.4 is 10.1 Å². The van der Waals surface area contributed by atoms with Gasteiger partial charge in [-0.25, -0.2) is 9.37 Å². The van der Waals surface area contributed by atoms with Crippen LogP contribution in [0.5, 0.6) is 5.75 Å². The van der Waals surface area contributed by atoms with E-state index in [1.165, 1.54) is 10.9 Å². The standard InChI is InChI=1S/C16H21FN2OS/c1-10(2)16(18-8-15-11(3)19-9-21-15)13-6-5-12(20-4)7-14(13)17/h5-7,9-10,16,18H,8H2,1-4H3. The van der Waals surface area contributed by atoms with Crippen LogP contribution >= 0.6 is 11.3 Å². The number of aromatic nitrogens is 1. The van der Waals surface area contributed by atoms with E-state index in [9.17, 15) is 4.39 Å². The zero-order chi connectivity index (χ0) is 15.4. The van der Waals surface area contributed by atoms with Crippen molar-refractivity contribution in [2.75, 3.05) is 7.11 Å². The highest BCUT2D eigenvalue weighted by Gasteiger charge is 2.20. The van der Waals surface area contributed by atoms with Crippen molar-refractivity contribution in [3.05, 3.63) is 45.7 Å². The van der Waals surface area contributed by atoms with Crippen LogP contribution in [0.2, 0.25) is 0 Å². The van der Waals surface area contributed by atoms with E-state index in [4.69, 9.17) is 4.74 Å². The summed E-state index contributed by atoms with van der Waals surface area (Å²) >= 11 is 1.62. The number of hydrogen-bond acceptors (Lipinski definition) is 4. The summed E-state index contributed by atoms with van der Waals surface area (Å²) < 4.78 is 19.3. The van der Waals surface area contributed by atoms with Crippen LogP contribution in [0.4, 0.5) is 4.39 Å². The van der Waals surface area contributed by atoms with Gasteiger partial charge in [-0.2, -0.15) is 0 Å². The Kier molecular flexibility index (Phi) is 5.31. The van der Waals surface area contributed by atoms with Gasteiger partial charge in [-0.1, -0.05) is 19.9 Å². The first-order chi connectivity index (χ1) is 10.0. The summed E-state index contributed by atoms with van der Waals surface area (Å²) in [6, 6.07) is 4.99. The lowest BCUT2D eigenvalue weighted by molar-refractivity contribution is 0.388. The van der Waals surface area contributed by atoms with Crippen molar-refractivity contribution in [1.82, 2.24) is 10.3 Å². The Balaban J connectivity index is 2.17. The molecule has 1 heterocycles. The second-order valence-electron chi connectivity index (χ2n) is 5.35. The normalized spacial score (nSPS) is 12.7. The van der Waals surface area contributed by atoms with Crippen LogP contribution in [0, 0.1) is 18.7 Å². The molecular formula is C16H21FN2OS. The molecular weight excluding hydrogens is 287 g/mol. The van der Waals surface area contributed by atoms with E-state index < -0.39 is 0 Å². The highest BCUT2D eigenvalue weighted by atomic mass is 32.1. The molecule has 1 N–H and O–H groups in total. The molecule has 114 valence electrons. The number of thiazole rings is 1. The van der Waals surface area contributed by atoms with E-state index in [0.29, 0.717) is 17.9 Å². The molecule has 0 saturated heterocycles. The van der Waals surface area contributed by atoms with Crippen molar-refractivity contribution in [3.63, 3.8) is 0 Å². The number of aryl methyl sites for hydroxylation is 1. The Morgan fingerprint density at radius 3 is 2.67 bits per heavy atom. The minimum atomic E-state index is -0.235. The molecule has 2 rings (SSSR count). The summed E-state index contributed by atoms with van der Waals surface area (Å²) in [6.45, 7) is 6.86. The molecule has 3 nitrogen and oxygen atoms in total. The monoisotopic (exact) mass is 308 g/mol. The number of rotatable bonds is 6. The number of hydrogen-bond donors (Lipinski definition) is 1. The molecule has 1 unspecified atom stereocenters. The number of halogens is 1. The Bertz CT molecular complexity index is 598. The molecule has 0 spiro atoms. The van der Waals surface area contributed by atoms with Gasteiger partial charge in [0.2, 0.25) is 0 Å². The highest BCUT2D eigenvalue weighted by Crippen LogP contribution is 2.27. The molecule has 0 fully saturated rings. The topological polar surface area (TPSA) is 34.1 Å². The molecule has 5 heteroatoms. The lowest BCUT2D eigenvalue weighted by Gasteiger charge is -2.23. The van der Waals surface area contributed by atoms with Crippen molar-refractivity contribution in [2.45, 2.75) is 33.4 Å². The van der Waals surface area contributed by atoms with E-state index in [2.05, 4.69) is 24.1 Å². The van der Waals surface area contributed by atoms with Gasteiger partial charge in [-0.15, -0.1) is 11.3 Å². The molecule has 21 heavy (non-hydrogen) atoms. The van der Waals surface area contributed by atoms with Crippen molar-refractivity contribution in [2.24, 2.45) is 5.92 Å². The molecule has 0 aliphatic rings. The van der Waals surface area contributed by atoms with Crippen molar-refractivity contribution < 1.29 is 9.13 Å². The van der Waals surface area contributed by atoms with E-state index >= 15 is 0 Å². The third kappa shape index (κ3) is 3.80.